The highest BCUT2D eigenvalue weighted by molar-refractivity contribution is 7.85. The van der Waals surface area contributed by atoms with E-state index < -0.39 is 10.1 Å². The van der Waals surface area contributed by atoms with Crippen molar-refractivity contribution >= 4 is 10.1 Å². The minimum absolute atomic E-state index is 0.199. The van der Waals surface area contributed by atoms with Crippen LogP contribution in [0.5, 0.6) is 0 Å². The first-order valence-corrected chi connectivity index (χ1v) is 9.58. The van der Waals surface area contributed by atoms with Crippen molar-refractivity contribution < 1.29 is 18.1 Å². The van der Waals surface area contributed by atoms with E-state index in [1.165, 1.54) is 11.1 Å². The summed E-state index contributed by atoms with van der Waals surface area (Å²) >= 11 is 0. The van der Waals surface area contributed by atoms with Crippen LogP contribution in [0.1, 0.15) is 24.1 Å². The van der Waals surface area contributed by atoms with Crippen LogP contribution in [0.4, 0.5) is 0 Å². The van der Waals surface area contributed by atoms with E-state index in [0.29, 0.717) is 6.26 Å². The van der Waals surface area contributed by atoms with Crippen LogP contribution < -0.4 is 0 Å². The molecule has 0 radical (unpaired) electrons. The molecule has 1 heterocycles. The van der Waals surface area contributed by atoms with E-state index in [4.69, 9.17) is 4.55 Å². The van der Waals surface area contributed by atoms with Gasteiger partial charge in [0.2, 0.25) is 0 Å². The van der Waals surface area contributed by atoms with E-state index in [1.807, 2.05) is 12.1 Å². The first kappa shape index (κ1) is 18.6. The number of aliphatic hydroxyl groups is 1. The number of β-amino-alcohol motifs (C(OH)–C–C–N with tert-alkyl or cyclic N) is 1. The van der Waals surface area contributed by atoms with Gasteiger partial charge in [0.15, 0.2) is 0 Å². The van der Waals surface area contributed by atoms with Gasteiger partial charge in [-0.1, -0.05) is 60.7 Å². The van der Waals surface area contributed by atoms with Gasteiger partial charge in [0.1, 0.15) is 0 Å². The lowest BCUT2D eigenvalue weighted by atomic mass is 9.90. The summed E-state index contributed by atoms with van der Waals surface area (Å²) in [5.41, 5.74) is 2.57. The number of hydrogen-bond acceptors (Lipinski definition) is 4. The highest BCUT2D eigenvalue weighted by Crippen LogP contribution is 2.35. The molecule has 0 saturated carbocycles. The molecule has 0 aromatic heterocycles. The van der Waals surface area contributed by atoms with E-state index in [0.717, 1.165) is 6.54 Å². The van der Waals surface area contributed by atoms with Gasteiger partial charge in [-0.05, 0) is 18.1 Å². The van der Waals surface area contributed by atoms with Crippen molar-refractivity contribution in [2.75, 3.05) is 12.8 Å². The van der Waals surface area contributed by atoms with Crippen molar-refractivity contribution in [2.45, 2.75) is 25.1 Å². The average Bonchev–Trinajstić information content (AvgIpc) is 2.55. The molecule has 0 bridgehead atoms. The Morgan fingerprint density at radius 2 is 1.38 bits per heavy atom. The Bertz CT molecular complexity index is 687. The van der Waals surface area contributed by atoms with Crippen molar-refractivity contribution in [3.8, 4) is 0 Å². The van der Waals surface area contributed by atoms with E-state index in [-0.39, 0.29) is 18.2 Å². The molecule has 24 heavy (non-hydrogen) atoms. The molecule has 1 fully saturated rings. The minimum atomic E-state index is -3.67. The van der Waals surface area contributed by atoms with Gasteiger partial charge in [-0.2, -0.15) is 8.42 Å². The molecule has 0 amide bonds. The molecule has 2 aromatic carbocycles. The third kappa shape index (κ3) is 5.14. The van der Waals surface area contributed by atoms with Crippen molar-refractivity contribution in [1.29, 1.82) is 0 Å². The monoisotopic (exact) mass is 349 g/mol. The highest BCUT2D eigenvalue weighted by atomic mass is 32.2. The van der Waals surface area contributed by atoms with Crippen LogP contribution in [-0.4, -0.2) is 47.9 Å². The summed E-state index contributed by atoms with van der Waals surface area (Å²) in [6.45, 7) is 2.84. The van der Waals surface area contributed by atoms with Gasteiger partial charge in [0.25, 0.3) is 10.1 Å². The van der Waals surface area contributed by atoms with Crippen LogP contribution in [0.2, 0.25) is 0 Å². The molecular formula is C18H23NO4S. The largest absolute Gasteiger partial charge is 0.390 e. The molecule has 5 nitrogen and oxygen atoms in total. The van der Waals surface area contributed by atoms with Crippen LogP contribution in [0.15, 0.2) is 60.7 Å². The molecule has 130 valence electrons. The van der Waals surface area contributed by atoms with E-state index in [2.05, 4.69) is 60.4 Å². The maximum absolute atomic E-state index is 9.79. The highest BCUT2D eigenvalue weighted by Gasteiger charge is 2.39. The number of nitrogens with zero attached hydrogens (tertiary/aromatic N) is 1. The summed E-state index contributed by atoms with van der Waals surface area (Å²) in [4.78, 5) is 2.36. The number of aliphatic hydroxyl groups excluding tert-OH is 1. The average molecular weight is 349 g/mol. The second kappa shape index (κ2) is 7.90. The van der Waals surface area contributed by atoms with E-state index in [1.54, 1.807) is 0 Å². The fourth-order valence-electron chi connectivity index (χ4n) is 2.80. The van der Waals surface area contributed by atoms with E-state index in [9.17, 15) is 13.5 Å². The van der Waals surface area contributed by atoms with Crippen LogP contribution in [0.3, 0.4) is 0 Å². The fourth-order valence-corrected chi connectivity index (χ4v) is 2.80. The summed E-state index contributed by atoms with van der Waals surface area (Å²) in [6, 6.07) is 21.5. The first-order chi connectivity index (χ1) is 11.3. The number of hydrogen-bond donors (Lipinski definition) is 2. The molecular weight excluding hydrogens is 326 g/mol. The lowest BCUT2D eigenvalue weighted by molar-refractivity contribution is -0.0693. The lowest BCUT2D eigenvalue weighted by Crippen LogP contribution is -2.59. The Morgan fingerprint density at radius 1 is 1.00 bits per heavy atom. The molecule has 2 atom stereocenters. The van der Waals surface area contributed by atoms with Gasteiger partial charge in [-0.3, -0.25) is 9.45 Å². The second-order valence-electron chi connectivity index (χ2n) is 5.96. The molecule has 3 rings (SSSR count). The molecule has 0 spiro atoms. The normalized spacial score (nSPS) is 20.9. The van der Waals surface area contributed by atoms with Gasteiger partial charge in [-0.15, -0.1) is 0 Å². The number of benzene rings is 2. The van der Waals surface area contributed by atoms with E-state index >= 15 is 0 Å². The number of rotatable bonds is 3. The summed E-state index contributed by atoms with van der Waals surface area (Å²) in [7, 11) is -3.67. The van der Waals surface area contributed by atoms with Crippen molar-refractivity contribution in [3.05, 3.63) is 71.8 Å². The van der Waals surface area contributed by atoms with Gasteiger partial charge >= 0.3 is 0 Å². The number of likely N-dealkylation sites (tertiary alicyclic amines) is 1. The third-order valence-corrected chi connectivity index (χ3v) is 4.04. The Hall–Kier alpha value is -1.73. The summed E-state index contributed by atoms with van der Waals surface area (Å²) in [6.07, 6.45) is 0.516. The predicted octanol–water partition coefficient (Wildman–Crippen LogP) is 2.34. The van der Waals surface area contributed by atoms with Gasteiger partial charge in [0.05, 0.1) is 18.4 Å². The van der Waals surface area contributed by atoms with Crippen LogP contribution in [0.25, 0.3) is 0 Å². The maximum atomic E-state index is 9.79. The summed E-state index contributed by atoms with van der Waals surface area (Å²) in [5, 5.41) is 9.79. The van der Waals surface area contributed by atoms with Crippen LogP contribution in [-0.2, 0) is 10.1 Å². The third-order valence-electron chi connectivity index (χ3n) is 4.04. The van der Waals surface area contributed by atoms with Gasteiger partial charge in [-0.25, -0.2) is 0 Å². The predicted molar refractivity (Wildman–Crippen MR) is 94.4 cm³/mol. The first-order valence-electron chi connectivity index (χ1n) is 7.73. The molecule has 1 aliphatic heterocycles. The standard InChI is InChI=1S/C17H19NO.CH4O3S/c1-13-16(19)12-18(13)17(14-8-4-2-5-9-14)15-10-6-3-7-11-15;1-5(2,3)4/h2-11,13,16-17,19H,12H2,1H3;1H3,(H,2,3,4)/t13-,16+;/m1./s1. The molecule has 1 saturated heterocycles. The van der Waals surface area contributed by atoms with Crippen molar-refractivity contribution in [2.24, 2.45) is 0 Å². The Labute approximate surface area is 143 Å². The Balaban J connectivity index is 0.000000368. The van der Waals surface area contributed by atoms with Gasteiger partial charge < -0.3 is 5.11 Å². The van der Waals surface area contributed by atoms with Crippen LogP contribution >= 0.6 is 0 Å². The molecule has 2 aromatic rings. The van der Waals surface area contributed by atoms with Crippen molar-refractivity contribution in [1.82, 2.24) is 4.90 Å². The topological polar surface area (TPSA) is 77.8 Å². The molecule has 0 unspecified atom stereocenters. The molecule has 1 aliphatic rings. The summed E-state index contributed by atoms with van der Waals surface area (Å²) in [5.74, 6) is 0. The maximum Gasteiger partial charge on any atom is 0.261 e. The molecule has 0 aliphatic carbocycles. The minimum Gasteiger partial charge on any atom is -0.390 e. The zero-order chi connectivity index (χ0) is 17.7. The second-order valence-corrected chi connectivity index (χ2v) is 7.43. The van der Waals surface area contributed by atoms with Gasteiger partial charge in [0, 0.05) is 12.6 Å². The smallest absolute Gasteiger partial charge is 0.261 e. The quantitative estimate of drug-likeness (QED) is 0.832. The van der Waals surface area contributed by atoms with Crippen LogP contribution in [0, 0.1) is 0 Å². The SMILES string of the molecule is CS(=O)(=O)O.C[C@@H]1[C@@H](O)CN1C(c1ccccc1)c1ccccc1. The Kier molecular flexibility index (Phi) is 6.12. The lowest BCUT2D eigenvalue weighted by Gasteiger charge is -2.48. The molecule has 2 N–H and O–H groups in total. The molecule has 6 heteroatoms. The van der Waals surface area contributed by atoms with Crippen molar-refractivity contribution in [3.63, 3.8) is 0 Å². The Morgan fingerprint density at radius 3 is 1.67 bits per heavy atom. The summed E-state index contributed by atoms with van der Waals surface area (Å²) < 4.78 is 25.9. The zero-order valence-electron chi connectivity index (χ0n) is 13.8. The fraction of sp³-hybridized carbons (Fsp3) is 0.333. The zero-order valence-corrected chi connectivity index (χ0v) is 14.6.